The average molecular weight is 431 g/mol. The summed E-state index contributed by atoms with van der Waals surface area (Å²) in [6, 6.07) is 7.80. The van der Waals surface area contributed by atoms with Crippen LogP contribution in [0.25, 0.3) is 4.96 Å². The van der Waals surface area contributed by atoms with Gasteiger partial charge < -0.3 is 14.6 Å². The third kappa shape index (κ3) is 3.87. The summed E-state index contributed by atoms with van der Waals surface area (Å²) in [6.07, 6.45) is 1.45. The van der Waals surface area contributed by atoms with Crippen LogP contribution in [0, 0.1) is 12.8 Å². The van der Waals surface area contributed by atoms with Gasteiger partial charge in [0.05, 0.1) is 30.6 Å². The number of rotatable bonds is 6. The summed E-state index contributed by atoms with van der Waals surface area (Å²) in [5.41, 5.74) is 1.05. The van der Waals surface area contributed by atoms with Crippen LogP contribution in [0.1, 0.15) is 42.1 Å². The Balaban J connectivity index is 1.68. The van der Waals surface area contributed by atoms with E-state index in [1.165, 1.54) is 23.0 Å². The Morgan fingerprint density at radius 2 is 2.00 bits per heavy atom. The maximum Gasteiger partial charge on any atom is 0.308 e. The van der Waals surface area contributed by atoms with Crippen molar-refractivity contribution in [2.24, 2.45) is 5.92 Å². The Bertz CT molecular complexity index is 1020. The minimum absolute atomic E-state index is 0.0780. The van der Waals surface area contributed by atoms with Gasteiger partial charge in [-0.25, -0.2) is 4.98 Å². The molecule has 3 aromatic rings. The number of carbonyl (C=O) groups excluding carboxylic acids is 1. The fourth-order valence-electron chi connectivity index (χ4n) is 4.03. The molecular formula is C21H26N4O4S. The van der Waals surface area contributed by atoms with Crippen molar-refractivity contribution in [1.29, 1.82) is 0 Å². The number of hydrogen-bond acceptors (Lipinski definition) is 8. The van der Waals surface area contributed by atoms with Gasteiger partial charge in [0.25, 0.3) is 0 Å². The van der Waals surface area contributed by atoms with Gasteiger partial charge in [0.2, 0.25) is 10.8 Å². The molecule has 8 nitrogen and oxygen atoms in total. The van der Waals surface area contributed by atoms with Crippen LogP contribution in [-0.2, 0) is 9.53 Å². The Hall–Kier alpha value is -2.65. The second-order valence-corrected chi connectivity index (χ2v) is 8.39. The van der Waals surface area contributed by atoms with E-state index < -0.39 is 0 Å². The van der Waals surface area contributed by atoms with Crippen LogP contribution in [0.3, 0.4) is 0 Å². The van der Waals surface area contributed by atoms with Crippen LogP contribution in [0.5, 0.6) is 11.6 Å². The number of aromatic nitrogens is 3. The van der Waals surface area contributed by atoms with Crippen LogP contribution in [0.15, 0.2) is 24.3 Å². The van der Waals surface area contributed by atoms with E-state index in [0.29, 0.717) is 17.4 Å². The van der Waals surface area contributed by atoms with Crippen LogP contribution in [0.4, 0.5) is 0 Å². The quantitative estimate of drug-likeness (QED) is 0.601. The highest BCUT2D eigenvalue weighted by atomic mass is 32.1. The zero-order valence-corrected chi connectivity index (χ0v) is 18.2. The highest BCUT2D eigenvalue weighted by Gasteiger charge is 2.34. The number of aryl methyl sites for hydroxylation is 1. The molecule has 0 spiro atoms. The zero-order valence-electron chi connectivity index (χ0n) is 17.4. The maximum atomic E-state index is 11.9. The standard InChI is InChI=1S/C21H26N4O4S/c1-4-29-16-7-5-14(6-8-16)17(24-11-9-15(10-12-24)20(27)28-3)18-19(26)25-21(30-18)22-13(2)23-25/h5-8,15,17,26H,4,9-12H2,1-3H3/t17-/m1/s1. The molecule has 0 unspecified atom stereocenters. The molecule has 160 valence electrons. The lowest BCUT2D eigenvalue weighted by molar-refractivity contribution is -0.147. The predicted molar refractivity (Wildman–Crippen MR) is 113 cm³/mol. The second-order valence-electron chi connectivity index (χ2n) is 7.38. The third-order valence-electron chi connectivity index (χ3n) is 5.49. The number of fused-ring (bicyclic) bond motifs is 1. The van der Waals surface area contributed by atoms with E-state index in [2.05, 4.69) is 15.0 Å². The molecule has 0 bridgehead atoms. The minimum Gasteiger partial charge on any atom is -0.494 e. The molecule has 0 aliphatic carbocycles. The lowest BCUT2D eigenvalue weighted by Crippen LogP contribution is -2.39. The lowest BCUT2D eigenvalue weighted by Gasteiger charge is -2.36. The van der Waals surface area contributed by atoms with Crippen molar-refractivity contribution in [2.75, 3.05) is 26.8 Å². The van der Waals surface area contributed by atoms with Crippen LogP contribution in [0.2, 0.25) is 0 Å². The van der Waals surface area contributed by atoms with E-state index in [9.17, 15) is 9.90 Å². The highest BCUT2D eigenvalue weighted by Crippen LogP contribution is 2.41. The lowest BCUT2D eigenvalue weighted by atomic mass is 9.93. The van der Waals surface area contributed by atoms with E-state index in [0.717, 1.165) is 42.1 Å². The third-order valence-corrected chi connectivity index (χ3v) is 6.56. The molecule has 0 amide bonds. The monoisotopic (exact) mass is 430 g/mol. The summed E-state index contributed by atoms with van der Waals surface area (Å²) >= 11 is 1.44. The SMILES string of the molecule is CCOc1ccc([C@H](c2sc3nc(C)nn3c2O)N2CCC(C(=O)OC)CC2)cc1. The van der Waals surface area contributed by atoms with Gasteiger partial charge in [0.1, 0.15) is 11.6 Å². The van der Waals surface area contributed by atoms with Crippen molar-refractivity contribution in [2.45, 2.75) is 32.7 Å². The van der Waals surface area contributed by atoms with Gasteiger partial charge in [-0.15, -0.1) is 5.10 Å². The molecule has 0 saturated carbocycles. The van der Waals surface area contributed by atoms with Crippen molar-refractivity contribution in [1.82, 2.24) is 19.5 Å². The molecule has 1 saturated heterocycles. The summed E-state index contributed by atoms with van der Waals surface area (Å²) in [4.78, 5) is 20.1. The van der Waals surface area contributed by atoms with Crippen molar-refractivity contribution in [3.05, 3.63) is 40.5 Å². The maximum absolute atomic E-state index is 11.9. The Labute approximate surface area is 179 Å². The van der Waals surface area contributed by atoms with Gasteiger partial charge in [-0.3, -0.25) is 9.69 Å². The van der Waals surface area contributed by atoms with E-state index in [1.54, 1.807) is 6.92 Å². The largest absolute Gasteiger partial charge is 0.494 e. The number of benzene rings is 1. The van der Waals surface area contributed by atoms with Crippen molar-refractivity contribution in [3.8, 4) is 11.6 Å². The molecule has 1 aliphatic heterocycles. The molecule has 2 aromatic heterocycles. The molecule has 1 atom stereocenters. The molecule has 0 radical (unpaired) electrons. The van der Waals surface area contributed by atoms with Gasteiger partial charge in [0, 0.05) is 0 Å². The van der Waals surface area contributed by atoms with Gasteiger partial charge in [-0.1, -0.05) is 23.5 Å². The van der Waals surface area contributed by atoms with Gasteiger partial charge in [-0.05, 0) is 57.5 Å². The van der Waals surface area contributed by atoms with E-state index in [4.69, 9.17) is 9.47 Å². The van der Waals surface area contributed by atoms with Crippen molar-refractivity contribution >= 4 is 22.3 Å². The molecule has 4 rings (SSSR count). The fraction of sp³-hybridized carbons (Fsp3) is 0.476. The zero-order chi connectivity index (χ0) is 21.3. The number of hydrogen-bond donors (Lipinski definition) is 1. The molecular weight excluding hydrogens is 404 g/mol. The van der Waals surface area contributed by atoms with E-state index >= 15 is 0 Å². The van der Waals surface area contributed by atoms with Crippen LogP contribution < -0.4 is 4.74 Å². The Morgan fingerprint density at radius 3 is 2.60 bits per heavy atom. The summed E-state index contributed by atoms with van der Waals surface area (Å²) < 4.78 is 12.0. The summed E-state index contributed by atoms with van der Waals surface area (Å²) in [7, 11) is 1.44. The van der Waals surface area contributed by atoms with E-state index in [-0.39, 0.29) is 23.8 Å². The first-order valence-corrected chi connectivity index (χ1v) is 10.9. The summed E-state index contributed by atoms with van der Waals surface area (Å²) in [5, 5.41) is 15.2. The molecule has 9 heteroatoms. The molecule has 30 heavy (non-hydrogen) atoms. The first kappa shape index (κ1) is 20.6. The predicted octanol–water partition coefficient (Wildman–Crippen LogP) is 3.18. The number of nitrogens with zero attached hydrogens (tertiary/aromatic N) is 4. The molecule has 1 fully saturated rings. The molecule has 1 N–H and O–H groups in total. The molecule has 1 aromatic carbocycles. The number of thiazole rings is 1. The van der Waals surface area contributed by atoms with E-state index in [1.807, 2.05) is 31.2 Å². The number of methoxy groups -OCH3 is 1. The van der Waals surface area contributed by atoms with Crippen molar-refractivity contribution in [3.63, 3.8) is 0 Å². The van der Waals surface area contributed by atoms with Gasteiger partial charge in [-0.2, -0.15) is 4.52 Å². The number of likely N-dealkylation sites (tertiary alicyclic amines) is 1. The minimum atomic E-state index is -0.159. The van der Waals surface area contributed by atoms with Gasteiger partial charge >= 0.3 is 5.97 Å². The first-order valence-electron chi connectivity index (χ1n) is 10.1. The molecule has 3 heterocycles. The first-order chi connectivity index (χ1) is 14.5. The fourth-order valence-corrected chi connectivity index (χ4v) is 5.19. The number of piperidine rings is 1. The Morgan fingerprint density at radius 1 is 1.30 bits per heavy atom. The van der Waals surface area contributed by atoms with Crippen LogP contribution in [-0.4, -0.2) is 57.4 Å². The smallest absolute Gasteiger partial charge is 0.308 e. The second kappa shape index (κ2) is 8.61. The number of carbonyl (C=O) groups is 1. The number of esters is 1. The highest BCUT2D eigenvalue weighted by molar-refractivity contribution is 7.17. The van der Waals surface area contributed by atoms with Crippen molar-refractivity contribution < 1.29 is 19.4 Å². The number of ether oxygens (including phenoxy) is 2. The molecule has 1 aliphatic rings. The van der Waals surface area contributed by atoms with Gasteiger partial charge in [0.15, 0.2) is 0 Å². The Kier molecular flexibility index (Phi) is 5.92. The topological polar surface area (TPSA) is 89.2 Å². The summed E-state index contributed by atoms with van der Waals surface area (Å²) in [5.74, 6) is 1.33. The van der Waals surface area contributed by atoms with Crippen LogP contribution >= 0.6 is 11.3 Å². The number of aromatic hydroxyl groups is 1. The summed E-state index contributed by atoms with van der Waals surface area (Å²) in [6.45, 7) is 5.82. The average Bonchev–Trinajstić information content (AvgIpc) is 3.27. The normalized spacial score (nSPS) is 16.6.